The zero-order valence-corrected chi connectivity index (χ0v) is 16.3. The van der Waals surface area contributed by atoms with Crippen LogP contribution in [0.1, 0.15) is 41.1 Å². The van der Waals surface area contributed by atoms with Crippen LogP contribution in [0.2, 0.25) is 0 Å². The molecule has 0 aromatic heterocycles. The molecule has 3 nitrogen and oxygen atoms in total. The van der Waals surface area contributed by atoms with E-state index in [-0.39, 0.29) is 12.0 Å². The Balaban J connectivity index is 2.06. The number of halogens is 1. The van der Waals surface area contributed by atoms with Crippen LogP contribution in [0.3, 0.4) is 0 Å². The molecule has 25 heavy (non-hydrogen) atoms. The fraction of sp³-hybridized carbons (Fsp3) is 0.381. The third-order valence-electron chi connectivity index (χ3n) is 5.06. The summed E-state index contributed by atoms with van der Waals surface area (Å²) in [4.78, 5) is 13.9. The lowest BCUT2D eigenvalue weighted by molar-refractivity contribution is -0.143. The lowest BCUT2D eigenvalue weighted by atomic mass is 9.89. The first-order valence-corrected chi connectivity index (χ1v) is 9.54. The largest absolute Gasteiger partial charge is 0.481 e. The molecule has 0 aliphatic carbocycles. The van der Waals surface area contributed by atoms with Crippen molar-refractivity contribution >= 4 is 21.9 Å². The SMILES string of the molecule is Cc1ccc(C)c(C(c2cccc(Br)c2)N2CCCC(C(=O)O)C2)c1. The van der Waals surface area contributed by atoms with Crippen molar-refractivity contribution in [3.05, 3.63) is 69.2 Å². The molecule has 0 saturated carbocycles. The topological polar surface area (TPSA) is 40.5 Å². The average molecular weight is 402 g/mol. The Hall–Kier alpha value is -1.65. The molecule has 4 heteroatoms. The highest BCUT2D eigenvalue weighted by molar-refractivity contribution is 9.10. The number of hydrogen-bond acceptors (Lipinski definition) is 2. The van der Waals surface area contributed by atoms with Crippen molar-refractivity contribution in [3.63, 3.8) is 0 Å². The number of aliphatic carboxylic acids is 1. The van der Waals surface area contributed by atoms with Crippen LogP contribution in [0.5, 0.6) is 0 Å². The van der Waals surface area contributed by atoms with Crippen molar-refractivity contribution in [2.24, 2.45) is 5.92 Å². The first-order valence-electron chi connectivity index (χ1n) is 8.75. The molecule has 0 spiro atoms. The number of piperidine rings is 1. The second-order valence-corrected chi connectivity index (χ2v) is 7.91. The van der Waals surface area contributed by atoms with Crippen LogP contribution in [-0.4, -0.2) is 29.1 Å². The highest BCUT2D eigenvalue weighted by Crippen LogP contribution is 2.35. The van der Waals surface area contributed by atoms with E-state index in [9.17, 15) is 9.90 Å². The molecule has 1 heterocycles. The minimum absolute atomic E-state index is 0.0829. The van der Waals surface area contributed by atoms with E-state index in [1.165, 1.54) is 22.3 Å². The van der Waals surface area contributed by atoms with Gasteiger partial charge in [-0.1, -0.05) is 51.8 Å². The first kappa shape index (κ1) is 18.2. The van der Waals surface area contributed by atoms with E-state index in [1.807, 2.05) is 6.07 Å². The number of aryl methyl sites for hydroxylation is 2. The highest BCUT2D eigenvalue weighted by atomic mass is 79.9. The van der Waals surface area contributed by atoms with Crippen molar-refractivity contribution in [2.45, 2.75) is 32.7 Å². The Kier molecular flexibility index (Phi) is 5.60. The van der Waals surface area contributed by atoms with Crippen LogP contribution in [0.15, 0.2) is 46.9 Å². The number of carboxylic acids is 1. The van der Waals surface area contributed by atoms with Gasteiger partial charge in [0.1, 0.15) is 0 Å². The van der Waals surface area contributed by atoms with E-state index < -0.39 is 5.97 Å². The van der Waals surface area contributed by atoms with Crippen LogP contribution in [0.4, 0.5) is 0 Å². The monoisotopic (exact) mass is 401 g/mol. The minimum Gasteiger partial charge on any atom is -0.481 e. The molecule has 1 aliphatic heterocycles. The Morgan fingerprint density at radius 2 is 2.04 bits per heavy atom. The lowest BCUT2D eigenvalue weighted by Gasteiger charge is -2.38. The quantitative estimate of drug-likeness (QED) is 0.787. The van der Waals surface area contributed by atoms with Gasteiger partial charge in [0.15, 0.2) is 0 Å². The van der Waals surface area contributed by atoms with Gasteiger partial charge in [-0.25, -0.2) is 0 Å². The molecular formula is C21H24BrNO2. The van der Waals surface area contributed by atoms with Crippen molar-refractivity contribution in [2.75, 3.05) is 13.1 Å². The molecule has 1 N–H and O–H groups in total. The molecule has 1 fully saturated rings. The van der Waals surface area contributed by atoms with Gasteiger partial charge in [-0.15, -0.1) is 0 Å². The van der Waals surface area contributed by atoms with Gasteiger partial charge in [-0.05, 0) is 62.1 Å². The molecule has 3 rings (SSSR count). The van der Waals surface area contributed by atoms with Crippen LogP contribution in [0, 0.1) is 19.8 Å². The Labute approximate surface area is 157 Å². The van der Waals surface area contributed by atoms with Crippen molar-refractivity contribution < 1.29 is 9.90 Å². The predicted octanol–water partition coefficient (Wildman–Crippen LogP) is 4.95. The van der Waals surface area contributed by atoms with Crippen molar-refractivity contribution in [1.29, 1.82) is 0 Å². The van der Waals surface area contributed by atoms with Gasteiger partial charge >= 0.3 is 5.97 Å². The molecule has 2 aromatic carbocycles. The number of hydrogen-bond donors (Lipinski definition) is 1. The summed E-state index contributed by atoms with van der Waals surface area (Å²) in [6, 6.07) is 15.0. The molecule has 2 atom stereocenters. The van der Waals surface area contributed by atoms with E-state index in [1.54, 1.807) is 0 Å². The van der Waals surface area contributed by atoms with E-state index in [0.29, 0.717) is 6.54 Å². The second kappa shape index (κ2) is 7.71. The summed E-state index contributed by atoms with van der Waals surface area (Å²) in [5.41, 5.74) is 4.94. The molecular weight excluding hydrogens is 378 g/mol. The van der Waals surface area contributed by atoms with Gasteiger partial charge in [0.05, 0.1) is 12.0 Å². The van der Waals surface area contributed by atoms with Crippen LogP contribution in [-0.2, 0) is 4.79 Å². The molecule has 0 bridgehead atoms. The number of carbonyl (C=O) groups is 1. The number of rotatable bonds is 4. The maximum absolute atomic E-state index is 11.5. The van der Waals surface area contributed by atoms with Gasteiger partial charge in [-0.3, -0.25) is 9.69 Å². The summed E-state index contributed by atoms with van der Waals surface area (Å²) in [6.45, 7) is 5.77. The van der Waals surface area contributed by atoms with E-state index >= 15 is 0 Å². The fourth-order valence-electron chi connectivity index (χ4n) is 3.76. The molecule has 0 amide bonds. The number of likely N-dealkylation sites (tertiary alicyclic amines) is 1. The van der Waals surface area contributed by atoms with E-state index in [2.05, 4.69) is 71.1 Å². The standard InChI is InChI=1S/C21H24BrNO2/c1-14-8-9-15(2)19(11-14)20(16-5-3-7-18(22)12-16)23-10-4-6-17(13-23)21(24)25/h3,5,7-9,11-12,17,20H,4,6,10,13H2,1-2H3,(H,24,25). The minimum atomic E-state index is -0.682. The van der Waals surface area contributed by atoms with Gasteiger partial charge in [0.2, 0.25) is 0 Å². The smallest absolute Gasteiger partial charge is 0.307 e. The molecule has 132 valence electrons. The third-order valence-corrected chi connectivity index (χ3v) is 5.55. The number of carboxylic acid groups (broad SMARTS) is 1. The number of benzene rings is 2. The van der Waals surface area contributed by atoms with Crippen LogP contribution >= 0.6 is 15.9 Å². The van der Waals surface area contributed by atoms with Crippen LogP contribution in [0.25, 0.3) is 0 Å². The number of nitrogens with zero attached hydrogens (tertiary/aromatic N) is 1. The molecule has 1 aliphatic rings. The summed E-state index contributed by atoms with van der Waals surface area (Å²) in [6.07, 6.45) is 1.69. The predicted molar refractivity (Wildman–Crippen MR) is 104 cm³/mol. The normalized spacial score (nSPS) is 19.6. The lowest BCUT2D eigenvalue weighted by Crippen LogP contribution is -2.41. The summed E-state index contributed by atoms with van der Waals surface area (Å²) in [5, 5.41) is 9.49. The Morgan fingerprint density at radius 1 is 1.24 bits per heavy atom. The molecule has 2 aromatic rings. The first-order chi connectivity index (χ1) is 12.0. The second-order valence-electron chi connectivity index (χ2n) is 6.99. The van der Waals surface area contributed by atoms with Gasteiger partial charge in [0, 0.05) is 11.0 Å². The maximum atomic E-state index is 11.5. The summed E-state index contributed by atoms with van der Waals surface area (Å²) in [5.74, 6) is -0.966. The highest BCUT2D eigenvalue weighted by Gasteiger charge is 2.32. The fourth-order valence-corrected chi connectivity index (χ4v) is 4.18. The van der Waals surface area contributed by atoms with E-state index in [4.69, 9.17) is 0 Å². The van der Waals surface area contributed by atoms with Crippen LogP contribution < -0.4 is 0 Å². The van der Waals surface area contributed by atoms with Crippen molar-refractivity contribution in [3.8, 4) is 0 Å². The Morgan fingerprint density at radius 3 is 2.76 bits per heavy atom. The van der Waals surface area contributed by atoms with E-state index in [0.717, 1.165) is 23.9 Å². The maximum Gasteiger partial charge on any atom is 0.307 e. The summed E-state index contributed by atoms with van der Waals surface area (Å²) < 4.78 is 1.05. The molecule has 1 saturated heterocycles. The zero-order chi connectivity index (χ0) is 18.0. The average Bonchev–Trinajstić information content (AvgIpc) is 2.58. The molecule has 2 unspecified atom stereocenters. The van der Waals surface area contributed by atoms with Crippen molar-refractivity contribution in [1.82, 2.24) is 4.90 Å². The van der Waals surface area contributed by atoms with Gasteiger partial charge in [-0.2, -0.15) is 0 Å². The summed E-state index contributed by atoms with van der Waals surface area (Å²) in [7, 11) is 0. The molecule has 0 radical (unpaired) electrons. The van der Waals surface area contributed by atoms with Gasteiger partial charge in [0.25, 0.3) is 0 Å². The Bertz CT molecular complexity index is 774. The van der Waals surface area contributed by atoms with Gasteiger partial charge < -0.3 is 5.11 Å². The zero-order valence-electron chi connectivity index (χ0n) is 14.7. The summed E-state index contributed by atoms with van der Waals surface area (Å²) >= 11 is 3.58. The third kappa shape index (κ3) is 4.13.